The maximum atomic E-state index is 14.9. The van der Waals surface area contributed by atoms with Gasteiger partial charge in [-0.25, -0.2) is 9.37 Å². The summed E-state index contributed by atoms with van der Waals surface area (Å²) in [4.78, 5) is 13.8. The van der Waals surface area contributed by atoms with Crippen molar-refractivity contribution in [3.63, 3.8) is 0 Å². The number of pyridine rings is 1. The van der Waals surface area contributed by atoms with Crippen LogP contribution in [0.5, 0.6) is 11.6 Å². The number of hydrogen-bond donors (Lipinski definition) is 1. The van der Waals surface area contributed by atoms with Crippen LogP contribution < -0.4 is 9.47 Å². The Labute approximate surface area is 219 Å². The summed E-state index contributed by atoms with van der Waals surface area (Å²) in [6.07, 6.45) is 1.34. The third kappa shape index (κ3) is 7.41. The fourth-order valence-electron chi connectivity index (χ4n) is 4.29. The van der Waals surface area contributed by atoms with Gasteiger partial charge in [0.05, 0.1) is 19.4 Å². The lowest BCUT2D eigenvalue weighted by molar-refractivity contribution is 0.0155. The molecule has 2 aromatic carbocycles. The zero-order chi connectivity index (χ0) is 27.4. The molecule has 1 aromatic heterocycles. The highest BCUT2D eigenvalue weighted by Gasteiger charge is 2.29. The number of aromatic nitrogens is 1. The van der Waals surface area contributed by atoms with Gasteiger partial charge in [0.2, 0.25) is 13.2 Å². The molecule has 0 aliphatic carbocycles. The molecule has 1 heterocycles. The second-order valence-electron chi connectivity index (χ2n) is 10.5. The van der Waals surface area contributed by atoms with Gasteiger partial charge in [0.15, 0.2) is 0 Å². The average molecular weight is 530 g/mol. The van der Waals surface area contributed by atoms with E-state index in [1.165, 1.54) is 13.8 Å². The summed E-state index contributed by atoms with van der Waals surface area (Å²) in [5.74, 6) is 0.554. The maximum Gasteiger partial charge on any atom is 0.213 e. The third-order valence-corrected chi connectivity index (χ3v) is 8.22. The number of ether oxygens (including phenoxy) is 3. The van der Waals surface area contributed by atoms with Crippen LogP contribution in [0.4, 0.5) is 4.39 Å². The monoisotopic (exact) mass is 529 g/mol. The first-order valence-electron chi connectivity index (χ1n) is 12.2. The van der Waals surface area contributed by atoms with Gasteiger partial charge in [-0.3, -0.25) is 4.57 Å². The van der Waals surface area contributed by atoms with Gasteiger partial charge in [-0.05, 0) is 52.3 Å². The van der Waals surface area contributed by atoms with Crippen LogP contribution in [0, 0.1) is 11.2 Å². The summed E-state index contributed by atoms with van der Waals surface area (Å²) in [5, 5.41) is 0. The van der Waals surface area contributed by atoms with Gasteiger partial charge in [-0.2, -0.15) is 0 Å². The van der Waals surface area contributed by atoms with Crippen molar-refractivity contribution in [2.24, 2.45) is 5.41 Å². The van der Waals surface area contributed by atoms with Crippen LogP contribution in [-0.2, 0) is 22.3 Å². The van der Waals surface area contributed by atoms with Crippen molar-refractivity contribution in [1.82, 2.24) is 4.98 Å². The minimum absolute atomic E-state index is 0.257. The molecule has 0 bridgehead atoms. The van der Waals surface area contributed by atoms with Gasteiger partial charge in [0.1, 0.15) is 18.2 Å². The van der Waals surface area contributed by atoms with Crippen molar-refractivity contribution in [2.75, 3.05) is 20.9 Å². The molecule has 3 aromatic rings. The third-order valence-electron chi connectivity index (χ3n) is 6.40. The van der Waals surface area contributed by atoms with Gasteiger partial charge in [-0.1, -0.05) is 52.0 Å². The van der Waals surface area contributed by atoms with Crippen molar-refractivity contribution in [2.45, 2.75) is 52.5 Å². The normalized spacial score (nSPS) is 15.1. The van der Waals surface area contributed by atoms with E-state index < -0.39 is 13.2 Å². The van der Waals surface area contributed by atoms with E-state index in [4.69, 9.17) is 14.2 Å². The lowest BCUT2D eigenvalue weighted by Crippen LogP contribution is -2.21. The van der Waals surface area contributed by atoms with Gasteiger partial charge >= 0.3 is 0 Å². The molecule has 0 saturated carbocycles. The van der Waals surface area contributed by atoms with Crippen LogP contribution in [0.3, 0.4) is 0 Å². The molecule has 0 fully saturated rings. The molecular formula is C29H37FNO5P. The Morgan fingerprint density at radius 3 is 2.41 bits per heavy atom. The van der Waals surface area contributed by atoms with Gasteiger partial charge in [0.25, 0.3) is 0 Å². The fraction of sp³-hybridized carbons (Fsp3) is 0.414. The Morgan fingerprint density at radius 1 is 1.05 bits per heavy atom. The molecule has 8 heteroatoms. The SMILES string of the molecule is COc1cc(-c2ccc(COc3cccc(CC(C)P(C)(=O)O)c3)cc2C(OC)C(C)(C)C)c(F)cn1. The Balaban J connectivity index is 1.93. The molecule has 0 aliphatic rings. The molecule has 6 nitrogen and oxygen atoms in total. The van der Waals surface area contributed by atoms with E-state index in [-0.39, 0.29) is 17.2 Å². The summed E-state index contributed by atoms with van der Waals surface area (Å²) in [7, 11) is -0.0108. The van der Waals surface area contributed by atoms with E-state index in [0.29, 0.717) is 35.8 Å². The minimum atomic E-state index is -3.16. The highest BCUT2D eigenvalue weighted by atomic mass is 31.2. The largest absolute Gasteiger partial charge is 0.489 e. The van der Waals surface area contributed by atoms with Gasteiger partial charge in [0, 0.05) is 31.1 Å². The lowest BCUT2D eigenvalue weighted by Gasteiger charge is -2.32. The van der Waals surface area contributed by atoms with Crippen LogP contribution in [0.15, 0.2) is 54.7 Å². The molecule has 200 valence electrons. The van der Waals surface area contributed by atoms with Crippen LogP contribution in [0.25, 0.3) is 11.1 Å². The topological polar surface area (TPSA) is 77.9 Å². The van der Waals surface area contributed by atoms with Crippen molar-refractivity contribution in [3.05, 3.63) is 77.2 Å². The zero-order valence-electron chi connectivity index (χ0n) is 22.6. The fourth-order valence-corrected chi connectivity index (χ4v) is 4.84. The van der Waals surface area contributed by atoms with Crippen molar-refractivity contribution >= 4 is 7.37 Å². The number of hydrogen-bond acceptors (Lipinski definition) is 5. The first-order chi connectivity index (χ1) is 17.3. The second kappa shape index (κ2) is 11.8. The number of nitrogens with zero attached hydrogens (tertiary/aromatic N) is 1. The average Bonchev–Trinajstić information content (AvgIpc) is 2.82. The molecule has 3 rings (SSSR count). The maximum absolute atomic E-state index is 14.9. The second-order valence-corrected chi connectivity index (χ2v) is 13.3. The molecule has 3 atom stereocenters. The Kier molecular flexibility index (Phi) is 9.17. The predicted molar refractivity (Wildman–Crippen MR) is 145 cm³/mol. The Morgan fingerprint density at radius 2 is 1.78 bits per heavy atom. The number of halogens is 1. The summed E-state index contributed by atoms with van der Waals surface area (Å²) < 4.78 is 44.1. The van der Waals surface area contributed by atoms with Crippen LogP contribution in [-0.4, -0.2) is 36.4 Å². The van der Waals surface area contributed by atoms with E-state index in [0.717, 1.165) is 22.9 Å². The molecule has 37 heavy (non-hydrogen) atoms. The van der Waals surface area contributed by atoms with Gasteiger partial charge < -0.3 is 19.1 Å². The highest BCUT2D eigenvalue weighted by molar-refractivity contribution is 7.57. The molecule has 3 unspecified atom stereocenters. The van der Waals surface area contributed by atoms with Crippen LogP contribution >= 0.6 is 7.37 Å². The Bertz CT molecular complexity index is 1270. The van der Waals surface area contributed by atoms with Gasteiger partial charge in [-0.15, -0.1) is 0 Å². The minimum Gasteiger partial charge on any atom is -0.489 e. The van der Waals surface area contributed by atoms with Crippen molar-refractivity contribution < 1.29 is 28.1 Å². The smallest absolute Gasteiger partial charge is 0.213 e. The molecular weight excluding hydrogens is 492 g/mol. The summed E-state index contributed by atoms with van der Waals surface area (Å²) in [6, 6.07) is 14.9. The summed E-state index contributed by atoms with van der Waals surface area (Å²) >= 11 is 0. The molecule has 0 radical (unpaired) electrons. The van der Waals surface area contributed by atoms with E-state index in [2.05, 4.69) is 25.8 Å². The standard InChI is InChI=1S/C29H37FNO5P/c1-19(37(7,32)33)13-20-9-8-10-22(14-20)36-18-21-11-12-23(24-16-27(34-5)31-17-26(24)30)25(15-21)28(35-6)29(2,3)4/h8-12,14-17,19,28H,13,18H2,1-7H3,(H,32,33). The predicted octanol–water partition coefficient (Wildman–Crippen LogP) is 7.04. The molecule has 0 spiro atoms. The molecule has 1 N–H and O–H groups in total. The quantitative estimate of drug-likeness (QED) is 0.284. The molecule has 0 amide bonds. The number of benzene rings is 2. The van der Waals surface area contributed by atoms with E-state index in [9.17, 15) is 13.8 Å². The lowest BCUT2D eigenvalue weighted by atomic mass is 9.81. The highest BCUT2D eigenvalue weighted by Crippen LogP contribution is 2.43. The summed E-state index contributed by atoms with van der Waals surface area (Å²) in [5.41, 5.74) is 3.17. The first kappa shape index (κ1) is 28.8. The first-order valence-corrected chi connectivity index (χ1v) is 14.4. The summed E-state index contributed by atoms with van der Waals surface area (Å²) in [6.45, 7) is 9.68. The van der Waals surface area contributed by atoms with Crippen LogP contribution in [0.1, 0.15) is 50.5 Å². The Hall–Kier alpha value is -2.73. The zero-order valence-corrected chi connectivity index (χ0v) is 23.5. The van der Waals surface area contributed by atoms with Crippen molar-refractivity contribution in [3.8, 4) is 22.8 Å². The van der Waals surface area contributed by atoms with Crippen molar-refractivity contribution in [1.29, 1.82) is 0 Å². The number of rotatable bonds is 10. The van der Waals surface area contributed by atoms with Crippen LogP contribution in [0.2, 0.25) is 0 Å². The van der Waals surface area contributed by atoms with E-state index >= 15 is 0 Å². The molecule has 0 aliphatic heterocycles. The van der Waals surface area contributed by atoms with E-state index in [1.54, 1.807) is 20.1 Å². The number of methoxy groups -OCH3 is 2. The molecule has 0 saturated heterocycles. The van der Waals surface area contributed by atoms with E-state index in [1.807, 2.05) is 42.5 Å².